The Morgan fingerprint density at radius 2 is 2.11 bits per heavy atom. The van der Waals surface area contributed by atoms with Crippen molar-refractivity contribution in [3.63, 3.8) is 0 Å². The van der Waals surface area contributed by atoms with Gasteiger partial charge in [-0.1, -0.05) is 0 Å². The van der Waals surface area contributed by atoms with E-state index in [0.717, 1.165) is 6.42 Å². The molecule has 1 fully saturated rings. The minimum Gasteiger partial charge on any atom is -0.481 e. The van der Waals surface area contributed by atoms with Gasteiger partial charge in [0.15, 0.2) is 0 Å². The van der Waals surface area contributed by atoms with Crippen LogP contribution in [0.15, 0.2) is 0 Å². The van der Waals surface area contributed by atoms with Gasteiger partial charge in [-0.3, -0.25) is 14.4 Å². The highest BCUT2D eigenvalue weighted by atomic mass is 16.5. The van der Waals surface area contributed by atoms with E-state index in [9.17, 15) is 14.4 Å². The summed E-state index contributed by atoms with van der Waals surface area (Å²) in [5.41, 5.74) is 0. The molecule has 0 aromatic rings. The number of aliphatic carboxylic acids is 1. The molecule has 1 heterocycles. The number of nitrogens with zero attached hydrogens (tertiary/aromatic N) is 1. The molecule has 1 aliphatic rings. The van der Waals surface area contributed by atoms with E-state index in [1.165, 1.54) is 11.8 Å². The van der Waals surface area contributed by atoms with E-state index >= 15 is 0 Å². The molecule has 2 amide bonds. The van der Waals surface area contributed by atoms with Crippen molar-refractivity contribution < 1.29 is 24.2 Å². The van der Waals surface area contributed by atoms with Crippen molar-refractivity contribution in [1.82, 2.24) is 10.2 Å². The molecule has 1 rings (SSSR count). The Hall–Kier alpha value is -1.63. The average molecular weight is 272 g/mol. The molecule has 19 heavy (non-hydrogen) atoms. The summed E-state index contributed by atoms with van der Waals surface area (Å²) in [5.74, 6) is -1.32. The zero-order valence-electron chi connectivity index (χ0n) is 11.1. The monoisotopic (exact) mass is 272 g/mol. The van der Waals surface area contributed by atoms with E-state index in [0.29, 0.717) is 26.1 Å². The van der Waals surface area contributed by atoms with Gasteiger partial charge in [0.2, 0.25) is 5.91 Å². The molecule has 0 spiro atoms. The van der Waals surface area contributed by atoms with Crippen LogP contribution in [-0.2, 0) is 19.1 Å². The van der Waals surface area contributed by atoms with Gasteiger partial charge in [-0.2, -0.15) is 0 Å². The normalized spacial score (nSPS) is 18.1. The minimum atomic E-state index is -0.954. The summed E-state index contributed by atoms with van der Waals surface area (Å²) in [6.45, 7) is 2.70. The molecule has 1 saturated heterocycles. The third-order valence-corrected chi connectivity index (χ3v) is 2.87. The fraction of sp³-hybridized carbons (Fsp3) is 0.750. The SMILES string of the molecule is CC(=O)NCCN(CCC(=O)O)C(=O)C1CCCO1. The van der Waals surface area contributed by atoms with Crippen LogP contribution in [0, 0.1) is 0 Å². The topological polar surface area (TPSA) is 95.9 Å². The molecule has 7 nitrogen and oxygen atoms in total. The largest absolute Gasteiger partial charge is 0.481 e. The second-order valence-corrected chi connectivity index (χ2v) is 4.45. The Kier molecular flexibility index (Phi) is 6.27. The molecule has 0 aromatic heterocycles. The van der Waals surface area contributed by atoms with Crippen LogP contribution >= 0.6 is 0 Å². The maximum absolute atomic E-state index is 12.1. The van der Waals surface area contributed by atoms with Crippen molar-refractivity contribution in [3.05, 3.63) is 0 Å². The van der Waals surface area contributed by atoms with Crippen LogP contribution in [-0.4, -0.2) is 60.1 Å². The first-order valence-electron chi connectivity index (χ1n) is 6.37. The van der Waals surface area contributed by atoms with Crippen molar-refractivity contribution in [3.8, 4) is 0 Å². The smallest absolute Gasteiger partial charge is 0.305 e. The fourth-order valence-electron chi connectivity index (χ4n) is 1.91. The number of rotatable bonds is 7. The minimum absolute atomic E-state index is 0.113. The summed E-state index contributed by atoms with van der Waals surface area (Å²) >= 11 is 0. The zero-order chi connectivity index (χ0) is 14.3. The van der Waals surface area contributed by atoms with Crippen LogP contribution in [0.4, 0.5) is 0 Å². The quantitative estimate of drug-likeness (QED) is 0.657. The Morgan fingerprint density at radius 1 is 1.37 bits per heavy atom. The lowest BCUT2D eigenvalue weighted by molar-refractivity contribution is -0.143. The van der Waals surface area contributed by atoms with Crippen LogP contribution in [0.5, 0.6) is 0 Å². The molecule has 1 atom stereocenters. The molecule has 2 N–H and O–H groups in total. The van der Waals surface area contributed by atoms with Crippen molar-refractivity contribution in [2.75, 3.05) is 26.2 Å². The number of carbonyl (C=O) groups is 3. The molecular formula is C12H20N2O5. The third kappa shape index (κ3) is 5.69. The standard InChI is InChI=1S/C12H20N2O5/c1-9(15)13-5-7-14(6-4-11(16)17)12(18)10-3-2-8-19-10/h10H,2-8H2,1H3,(H,13,15)(H,16,17). The van der Waals surface area contributed by atoms with Crippen molar-refractivity contribution in [1.29, 1.82) is 0 Å². The molecule has 108 valence electrons. The number of hydrogen-bond donors (Lipinski definition) is 2. The van der Waals surface area contributed by atoms with Crippen molar-refractivity contribution >= 4 is 17.8 Å². The Bertz CT molecular complexity index is 339. The van der Waals surface area contributed by atoms with Crippen LogP contribution in [0.25, 0.3) is 0 Å². The third-order valence-electron chi connectivity index (χ3n) is 2.87. The van der Waals surface area contributed by atoms with E-state index in [2.05, 4.69) is 5.32 Å². The summed E-state index contributed by atoms with van der Waals surface area (Å²) in [6, 6.07) is 0. The van der Waals surface area contributed by atoms with E-state index < -0.39 is 12.1 Å². The van der Waals surface area contributed by atoms with Gasteiger partial charge in [-0.05, 0) is 12.8 Å². The molecular weight excluding hydrogens is 252 g/mol. The molecule has 0 aliphatic carbocycles. The predicted octanol–water partition coefficient (Wildman–Crippen LogP) is -0.395. The maximum Gasteiger partial charge on any atom is 0.305 e. The molecule has 0 bridgehead atoms. The predicted molar refractivity (Wildman–Crippen MR) is 66.5 cm³/mol. The highest BCUT2D eigenvalue weighted by Crippen LogP contribution is 2.14. The second kappa shape index (κ2) is 7.73. The maximum atomic E-state index is 12.1. The van der Waals surface area contributed by atoms with Gasteiger partial charge in [-0.15, -0.1) is 0 Å². The van der Waals surface area contributed by atoms with Crippen molar-refractivity contribution in [2.24, 2.45) is 0 Å². The summed E-state index contributed by atoms with van der Waals surface area (Å²) in [5, 5.41) is 11.3. The van der Waals surface area contributed by atoms with Crippen LogP contribution in [0.1, 0.15) is 26.2 Å². The van der Waals surface area contributed by atoms with Gasteiger partial charge in [0.25, 0.3) is 5.91 Å². The Morgan fingerprint density at radius 3 is 2.63 bits per heavy atom. The number of amides is 2. The lowest BCUT2D eigenvalue weighted by atomic mass is 10.2. The van der Waals surface area contributed by atoms with E-state index in [4.69, 9.17) is 9.84 Å². The van der Waals surface area contributed by atoms with E-state index in [1.54, 1.807) is 0 Å². The second-order valence-electron chi connectivity index (χ2n) is 4.45. The van der Waals surface area contributed by atoms with Gasteiger partial charge in [0, 0.05) is 33.2 Å². The molecule has 7 heteroatoms. The van der Waals surface area contributed by atoms with Crippen molar-refractivity contribution in [2.45, 2.75) is 32.3 Å². The van der Waals surface area contributed by atoms with Gasteiger partial charge >= 0.3 is 5.97 Å². The van der Waals surface area contributed by atoms with E-state index in [-0.39, 0.29) is 24.8 Å². The van der Waals surface area contributed by atoms with E-state index in [1.807, 2.05) is 0 Å². The zero-order valence-corrected chi connectivity index (χ0v) is 11.1. The number of nitrogens with one attached hydrogen (secondary N) is 1. The summed E-state index contributed by atoms with van der Waals surface area (Å²) in [7, 11) is 0. The number of carbonyl (C=O) groups excluding carboxylic acids is 2. The Labute approximate surface area is 111 Å². The molecule has 0 radical (unpaired) electrons. The van der Waals surface area contributed by atoms with Gasteiger partial charge in [0.05, 0.1) is 6.42 Å². The summed E-state index contributed by atoms with van der Waals surface area (Å²) < 4.78 is 5.30. The number of carboxylic acids is 1. The molecule has 0 aromatic carbocycles. The van der Waals surface area contributed by atoms with Gasteiger partial charge in [0.1, 0.15) is 6.10 Å². The first kappa shape index (κ1) is 15.4. The highest BCUT2D eigenvalue weighted by molar-refractivity contribution is 5.81. The van der Waals surface area contributed by atoms with Crippen LogP contribution < -0.4 is 5.32 Å². The summed E-state index contributed by atoms with van der Waals surface area (Å²) in [4.78, 5) is 34.9. The van der Waals surface area contributed by atoms with Gasteiger partial charge in [-0.25, -0.2) is 0 Å². The molecule has 1 aliphatic heterocycles. The molecule has 1 unspecified atom stereocenters. The van der Waals surface area contributed by atoms with Gasteiger partial charge < -0.3 is 20.1 Å². The fourth-order valence-corrected chi connectivity index (χ4v) is 1.91. The summed E-state index contributed by atoms with van der Waals surface area (Å²) in [6.07, 6.45) is 0.932. The number of hydrogen-bond acceptors (Lipinski definition) is 4. The number of ether oxygens (including phenoxy) is 1. The molecule has 0 saturated carbocycles. The highest BCUT2D eigenvalue weighted by Gasteiger charge is 2.28. The average Bonchev–Trinajstić information content (AvgIpc) is 2.85. The number of carboxylic acid groups (broad SMARTS) is 1. The lowest BCUT2D eigenvalue weighted by Gasteiger charge is -2.24. The van der Waals surface area contributed by atoms with Crippen LogP contribution in [0.3, 0.4) is 0 Å². The first-order valence-corrected chi connectivity index (χ1v) is 6.37. The Balaban J connectivity index is 2.48. The first-order chi connectivity index (χ1) is 9.00. The lowest BCUT2D eigenvalue weighted by Crippen LogP contribution is -2.44. The van der Waals surface area contributed by atoms with Crippen LogP contribution in [0.2, 0.25) is 0 Å².